The van der Waals surface area contributed by atoms with Crippen LogP contribution in [-0.4, -0.2) is 4.92 Å². The molecule has 21 heavy (non-hydrogen) atoms. The largest absolute Gasteiger partial charge is 0.380 e. The highest BCUT2D eigenvalue weighted by Gasteiger charge is 2.14. The fourth-order valence-electron chi connectivity index (χ4n) is 1.93. The second kappa shape index (κ2) is 6.25. The number of aryl methyl sites for hydroxylation is 1. The Bertz CT molecular complexity index is 738. The van der Waals surface area contributed by atoms with Crippen molar-refractivity contribution in [3.63, 3.8) is 0 Å². The van der Waals surface area contributed by atoms with Crippen molar-refractivity contribution in [1.29, 1.82) is 5.26 Å². The standard InChI is InChI=1S/C15H12ClN3O2/c1-10-2-3-11(8-17)6-14(10)18-9-12-4-5-13(16)7-15(12)19(20)21/h2-7,18H,9H2,1H3. The molecule has 0 spiro atoms. The van der Waals surface area contributed by atoms with Crippen LogP contribution >= 0.6 is 11.6 Å². The third kappa shape index (κ3) is 3.50. The summed E-state index contributed by atoms with van der Waals surface area (Å²) >= 11 is 5.78. The zero-order valence-electron chi connectivity index (χ0n) is 11.3. The Morgan fingerprint density at radius 2 is 2.10 bits per heavy atom. The fraction of sp³-hybridized carbons (Fsp3) is 0.133. The minimum atomic E-state index is -0.457. The van der Waals surface area contributed by atoms with E-state index in [0.717, 1.165) is 11.3 Å². The molecule has 0 amide bonds. The van der Waals surface area contributed by atoms with Gasteiger partial charge in [-0.1, -0.05) is 17.7 Å². The number of hydrogen-bond acceptors (Lipinski definition) is 4. The second-order valence-electron chi connectivity index (χ2n) is 4.53. The molecule has 0 heterocycles. The van der Waals surface area contributed by atoms with Crippen LogP contribution < -0.4 is 5.32 Å². The molecule has 106 valence electrons. The van der Waals surface area contributed by atoms with Crippen molar-refractivity contribution in [3.8, 4) is 6.07 Å². The topological polar surface area (TPSA) is 79.0 Å². The molecule has 0 bridgehead atoms. The Labute approximate surface area is 126 Å². The van der Waals surface area contributed by atoms with Gasteiger partial charge in [0.2, 0.25) is 0 Å². The van der Waals surface area contributed by atoms with Gasteiger partial charge in [0.1, 0.15) is 0 Å². The van der Waals surface area contributed by atoms with Gasteiger partial charge in [-0.15, -0.1) is 0 Å². The zero-order valence-corrected chi connectivity index (χ0v) is 12.0. The zero-order chi connectivity index (χ0) is 15.4. The monoisotopic (exact) mass is 301 g/mol. The summed E-state index contributed by atoms with van der Waals surface area (Å²) in [5.41, 5.74) is 2.79. The van der Waals surface area contributed by atoms with Crippen molar-refractivity contribution in [1.82, 2.24) is 0 Å². The van der Waals surface area contributed by atoms with E-state index in [1.54, 1.807) is 24.3 Å². The first-order valence-corrected chi connectivity index (χ1v) is 6.56. The van der Waals surface area contributed by atoms with E-state index in [9.17, 15) is 10.1 Å². The van der Waals surface area contributed by atoms with E-state index in [1.165, 1.54) is 6.07 Å². The second-order valence-corrected chi connectivity index (χ2v) is 4.96. The fourth-order valence-corrected chi connectivity index (χ4v) is 2.10. The molecule has 0 radical (unpaired) electrons. The number of hydrogen-bond donors (Lipinski definition) is 1. The van der Waals surface area contributed by atoms with Crippen molar-refractivity contribution in [2.45, 2.75) is 13.5 Å². The summed E-state index contributed by atoms with van der Waals surface area (Å²) in [6.45, 7) is 2.18. The van der Waals surface area contributed by atoms with E-state index in [4.69, 9.17) is 16.9 Å². The van der Waals surface area contributed by atoms with Gasteiger partial charge in [0.25, 0.3) is 5.69 Å². The van der Waals surface area contributed by atoms with Crippen LogP contribution in [0.2, 0.25) is 5.02 Å². The average Bonchev–Trinajstić information content (AvgIpc) is 2.47. The van der Waals surface area contributed by atoms with Crippen LogP contribution in [0.25, 0.3) is 0 Å². The lowest BCUT2D eigenvalue weighted by Crippen LogP contribution is -2.04. The van der Waals surface area contributed by atoms with Crippen LogP contribution in [0.15, 0.2) is 36.4 Å². The quantitative estimate of drug-likeness (QED) is 0.682. The number of benzene rings is 2. The molecular formula is C15H12ClN3O2. The molecule has 0 aliphatic carbocycles. The Morgan fingerprint density at radius 1 is 1.33 bits per heavy atom. The van der Waals surface area contributed by atoms with Gasteiger partial charge in [-0.2, -0.15) is 5.26 Å². The molecule has 0 aliphatic heterocycles. The van der Waals surface area contributed by atoms with Gasteiger partial charge < -0.3 is 5.32 Å². The molecular weight excluding hydrogens is 290 g/mol. The molecule has 0 fully saturated rings. The molecule has 0 unspecified atom stereocenters. The van der Waals surface area contributed by atoms with Crippen LogP contribution in [0.3, 0.4) is 0 Å². The first kappa shape index (κ1) is 14.8. The van der Waals surface area contributed by atoms with Crippen LogP contribution in [0.4, 0.5) is 11.4 Å². The predicted molar refractivity (Wildman–Crippen MR) is 81.3 cm³/mol. The lowest BCUT2D eigenvalue weighted by molar-refractivity contribution is -0.385. The number of nitrogens with one attached hydrogen (secondary N) is 1. The van der Waals surface area contributed by atoms with Crippen molar-refractivity contribution in [2.24, 2.45) is 0 Å². The summed E-state index contributed by atoms with van der Waals surface area (Å²) in [5, 5.41) is 23.4. The van der Waals surface area contributed by atoms with E-state index in [2.05, 4.69) is 11.4 Å². The molecule has 0 saturated heterocycles. The van der Waals surface area contributed by atoms with E-state index < -0.39 is 4.92 Å². The van der Waals surface area contributed by atoms with Crippen molar-refractivity contribution in [3.05, 3.63) is 68.2 Å². The van der Waals surface area contributed by atoms with Gasteiger partial charge >= 0.3 is 0 Å². The Balaban J connectivity index is 2.25. The summed E-state index contributed by atoms with van der Waals surface area (Å²) in [4.78, 5) is 10.6. The molecule has 0 aromatic heterocycles. The highest BCUT2D eigenvalue weighted by molar-refractivity contribution is 6.30. The Morgan fingerprint density at radius 3 is 2.76 bits per heavy atom. The van der Waals surface area contributed by atoms with Crippen LogP contribution in [0, 0.1) is 28.4 Å². The molecule has 0 saturated carbocycles. The molecule has 1 N–H and O–H groups in total. The van der Waals surface area contributed by atoms with Gasteiger partial charge in [0.15, 0.2) is 0 Å². The Hall–Kier alpha value is -2.58. The number of nitrogens with zero attached hydrogens (tertiary/aromatic N) is 2. The van der Waals surface area contributed by atoms with E-state index in [0.29, 0.717) is 16.1 Å². The summed E-state index contributed by atoms with van der Waals surface area (Å²) < 4.78 is 0. The molecule has 5 nitrogen and oxygen atoms in total. The number of anilines is 1. The number of nitriles is 1. The van der Waals surface area contributed by atoms with Crippen molar-refractivity contribution in [2.75, 3.05) is 5.32 Å². The van der Waals surface area contributed by atoms with Crippen molar-refractivity contribution >= 4 is 23.0 Å². The smallest absolute Gasteiger partial charge is 0.275 e. The first-order valence-electron chi connectivity index (χ1n) is 6.18. The van der Waals surface area contributed by atoms with Gasteiger partial charge in [0.05, 0.1) is 16.6 Å². The maximum absolute atomic E-state index is 11.0. The first-order chi connectivity index (χ1) is 10.0. The van der Waals surface area contributed by atoms with Crippen LogP contribution in [0.1, 0.15) is 16.7 Å². The Kier molecular flexibility index (Phi) is 4.41. The third-order valence-electron chi connectivity index (χ3n) is 3.08. The van der Waals surface area contributed by atoms with Crippen LogP contribution in [0.5, 0.6) is 0 Å². The average molecular weight is 302 g/mol. The summed E-state index contributed by atoms with van der Waals surface area (Å²) in [5.74, 6) is 0. The van der Waals surface area contributed by atoms with Gasteiger partial charge in [-0.05, 0) is 36.8 Å². The normalized spacial score (nSPS) is 9.95. The SMILES string of the molecule is Cc1ccc(C#N)cc1NCc1ccc(Cl)cc1[N+](=O)[O-]. The highest BCUT2D eigenvalue weighted by atomic mass is 35.5. The molecule has 0 atom stereocenters. The number of nitro groups is 1. The van der Waals surface area contributed by atoms with Crippen molar-refractivity contribution < 1.29 is 4.92 Å². The maximum atomic E-state index is 11.0. The van der Waals surface area contributed by atoms with E-state index in [1.807, 2.05) is 13.0 Å². The van der Waals surface area contributed by atoms with E-state index >= 15 is 0 Å². The number of halogens is 1. The highest BCUT2D eigenvalue weighted by Crippen LogP contribution is 2.25. The van der Waals surface area contributed by atoms with Gasteiger partial charge in [-0.25, -0.2) is 0 Å². The molecule has 2 aromatic rings. The summed E-state index contributed by atoms with van der Waals surface area (Å²) in [6.07, 6.45) is 0. The molecule has 2 rings (SSSR count). The molecule has 2 aromatic carbocycles. The van der Waals surface area contributed by atoms with Crippen LogP contribution in [-0.2, 0) is 6.54 Å². The minimum absolute atomic E-state index is 0.0240. The predicted octanol–water partition coefficient (Wildman–Crippen LogP) is 4.04. The number of nitro benzene ring substituents is 1. The maximum Gasteiger partial charge on any atom is 0.275 e. The molecule has 6 heteroatoms. The lowest BCUT2D eigenvalue weighted by atomic mass is 10.1. The third-order valence-corrected chi connectivity index (χ3v) is 3.32. The van der Waals surface area contributed by atoms with Gasteiger partial charge in [0, 0.05) is 28.9 Å². The van der Waals surface area contributed by atoms with Gasteiger partial charge in [-0.3, -0.25) is 10.1 Å². The summed E-state index contributed by atoms with van der Waals surface area (Å²) in [6, 6.07) is 11.9. The number of rotatable bonds is 4. The molecule has 0 aliphatic rings. The lowest BCUT2D eigenvalue weighted by Gasteiger charge is -2.10. The summed E-state index contributed by atoms with van der Waals surface area (Å²) in [7, 11) is 0. The minimum Gasteiger partial charge on any atom is -0.380 e. The van der Waals surface area contributed by atoms with E-state index in [-0.39, 0.29) is 12.2 Å².